The summed E-state index contributed by atoms with van der Waals surface area (Å²) in [7, 11) is 0. The SMILES string of the molecule is Cc1nscc1C(=O)OC1CCN(Cc2ccsc2)CC1. The number of nitrogens with zero attached hydrogens (tertiary/aromatic N) is 2. The molecule has 3 rings (SSSR count). The highest BCUT2D eigenvalue weighted by molar-refractivity contribution is 7.08. The fourth-order valence-corrected chi connectivity index (χ4v) is 3.87. The lowest BCUT2D eigenvalue weighted by atomic mass is 10.1. The lowest BCUT2D eigenvalue weighted by molar-refractivity contribution is 0.0104. The van der Waals surface area contributed by atoms with Crippen LogP contribution in [-0.4, -0.2) is 34.4 Å². The minimum atomic E-state index is -0.225. The maximum absolute atomic E-state index is 12.1. The monoisotopic (exact) mass is 322 g/mol. The summed E-state index contributed by atoms with van der Waals surface area (Å²) in [6.45, 7) is 4.80. The zero-order valence-electron chi connectivity index (χ0n) is 11.9. The Labute approximate surface area is 132 Å². The van der Waals surface area contributed by atoms with Gasteiger partial charge in [0.25, 0.3) is 0 Å². The van der Waals surface area contributed by atoms with Gasteiger partial charge in [0.1, 0.15) is 6.10 Å². The first kappa shape index (κ1) is 14.7. The Morgan fingerprint density at radius 3 is 2.86 bits per heavy atom. The number of esters is 1. The first-order valence-corrected chi connectivity index (χ1v) is 8.85. The van der Waals surface area contributed by atoms with E-state index < -0.39 is 0 Å². The van der Waals surface area contributed by atoms with E-state index in [9.17, 15) is 4.79 Å². The summed E-state index contributed by atoms with van der Waals surface area (Å²) < 4.78 is 9.72. The average Bonchev–Trinajstić information content (AvgIpc) is 3.12. The highest BCUT2D eigenvalue weighted by atomic mass is 32.1. The summed E-state index contributed by atoms with van der Waals surface area (Å²) in [6.07, 6.45) is 1.86. The van der Waals surface area contributed by atoms with Crippen LogP contribution < -0.4 is 0 Å². The molecule has 112 valence electrons. The number of aromatic nitrogens is 1. The number of thiophene rings is 1. The van der Waals surface area contributed by atoms with E-state index in [4.69, 9.17) is 4.74 Å². The molecule has 0 bridgehead atoms. The van der Waals surface area contributed by atoms with Gasteiger partial charge in [0, 0.05) is 25.0 Å². The fourth-order valence-electron chi connectivity index (χ4n) is 2.53. The smallest absolute Gasteiger partial charge is 0.341 e. The molecule has 0 saturated carbocycles. The number of piperidine rings is 1. The van der Waals surface area contributed by atoms with Gasteiger partial charge in [-0.15, -0.1) is 0 Å². The normalized spacial score (nSPS) is 17.0. The molecule has 0 N–H and O–H groups in total. The molecule has 2 aromatic heterocycles. The van der Waals surface area contributed by atoms with Crippen molar-refractivity contribution in [3.8, 4) is 0 Å². The molecule has 4 nitrogen and oxygen atoms in total. The van der Waals surface area contributed by atoms with Gasteiger partial charge in [0.05, 0.1) is 11.3 Å². The minimum absolute atomic E-state index is 0.0375. The molecule has 1 aliphatic rings. The van der Waals surface area contributed by atoms with Gasteiger partial charge in [-0.2, -0.15) is 15.7 Å². The van der Waals surface area contributed by atoms with Gasteiger partial charge in [-0.25, -0.2) is 4.79 Å². The summed E-state index contributed by atoms with van der Waals surface area (Å²) in [6, 6.07) is 2.17. The number of aryl methyl sites for hydroxylation is 1. The van der Waals surface area contributed by atoms with E-state index >= 15 is 0 Å². The molecule has 0 spiro atoms. The van der Waals surface area contributed by atoms with Crippen molar-refractivity contribution in [2.75, 3.05) is 13.1 Å². The summed E-state index contributed by atoms with van der Waals surface area (Å²) in [4.78, 5) is 14.5. The van der Waals surface area contributed by atoms with Crippen LogP contribution in [0, 0.1) is 6.92 Å². The molecule has 0 radical (unpaired) electrons. The maximum atomic E-state index is 12.1. The number of carbonyl (C=O) groups is 1. The largest absolute Gasteiger partial charge is 0.459 e. The van der Waals surface area contributed by atoms with Crippen LogP contribution in [0.1, 0.15) is 34.5 Å². The predicted molar refractivity (Wildman–Crippen MR) is 84.9 cm³/mol. The lowest BCUT2D eigenvalue weighted by Gasteiger charge is -2.31. The maximum Gasteiger partial charge on any atom is 0.341 e. The molecule has 1 aliphatic heterocycles. The van der Waals surface area contributed by atoms with Crippen LogP contribution >= 0.6 is 22.9 Å². The molecule has 1 saturated heterocycles. The van der Waals surface area contributed by atoms with Crippen molar-refractivity contribution < 1.29 is 9.53 Å². The molecule has 3 heterocycles. The lowest BCUT2D eigenvalue weighted by Crippen LogP contribution is -2.37. The van der Waals surface area contributed by atoms with E-state index in [0.717, 1.165) is 38.2 Å². The van der Waals surface area contributed by atoms with Crippen LogP contribution in [0.5, 0.6) is 0 Å². The Morgan fingerprint density at radius 2 is 2.24 bits per heavy atom. The number of likely N-dealkylation sites (tertiary alicyclic amines) is 1. The Hall–Kier alpha value is -1.24. The van der Waals surface area contributed by atoms with Gasteiger partial charge < -0.3 is 4.74 Å². The van der Waals surface area contributed by atoms with Crippen LogP contribution in [0.15, 0.2) is 22.2 Å². The first-order chi connectivity index (χ1) is 10.2. The molecule has 0 amide bonds. The molecule has 2 aromatic rings. The fraction of sp³-hybridized carbons (Fsp3) is 0.467. The number of hydrogen-bond donors (Lipinski definition) is 0. The third-order valence-electron chi connectivity index (χ3n) is 3.76. The molecule has 0 unspecified atom stereocenters. The first-order valence-electron chi connectivity index (χ1n) is 7.08. The van der Waals surface area contributed by atoms with Gasteiger partial charge >= 0.3 is 5.97 Å². The Kier molecular flexibility index (Phi) is 4.67. The highest BCUT2D eigenvalue weighted by Gasteiger charge is 2.24. The second-order valence-electron chi connectivity index (χ2n) is 5.33. The molecular weight excluding hydrogens is 304 g/mol. The quantitative estimate of drug-likeness (QED) is 0.810. The van der Waals surface area contributed by atoms with Crippen molar-refractivity contribution in [2.45, 2.75) is 32.4 Å². The van der Waals surface area contributed by atoms with E-state index in [0.29, 0.717) is 5.56 Å². The highest BCUT2D eigenvalue weighted by Crippen LogP contribution is 2.19. The molecule has 21 heavy (non-hydrogen) atoms. The Balaban J connectivity index is 1.47. The zero-order chi connectivity index (χ0) is 14.7. The minimum Gasteiger partial charge on any atom is -0.459 e. The summed E-state index contributed by atoms with van der Waals surface area (Å²) in [5.74, 6) is -0.225. The number of rotatable bonds is 4. The molecule has 0 aromatic carbocycles. The third kappa shape index (κ3) is 3.70. The van der Waals surface area contributed by atoms with Crippen LogP contribution in [0.2, 0.25) is 0 Å². The van der Waals surface area contributed by atoms with E-state index in [1.807, 2.05) is 6.92 Å². The van der Waals surface area contributed by atoms with E-state index in [1.54, 1.807) is 16.7 Å². The summed E-state index contributed by atoms with van der Waals surface area (Å²) in [5.41, 5.74) is 2.75. The second-order valence-corrected chi connectivity index (χ2v) is 6.74. The predicted octanol–water partition coefficient (Wildman–Crippen LogP) is 3.33. The average molecular weight is 322 g/mol. The van der Waals surface area contributed by atoms with Gasteiger partial charge in [0.15, 0.2) is 0 Å². The molecule has 1 fully saturated rings. The van der Waals surface area contributed by atoms with E-state index in [2.05, 4.69) is 26.1 Å². The van der Waals surface area contributed by atoms with Crippen molar-refractivity contribution in [2.24, 2.45) is 0 Å². The van der Waals surface area contributed by atoms with Crippen molar-refractivity contribution in [1.82, 2.24) is 9.27 Å². The van der Waals surface area contributed by atoms with E-state index in [-0.39, 0.29) is 12.1 Å². The van der Waals surface area contributed by atoms with Gasteiger partial charge in [-0.05, 0) is 53.7 Å². The van der Waals surface area contributed by atoms with Crippen LogP contribution in [-0.2, 0) is 11.3 Å². The summed E-state index contributed by atoms with van der Waals surface area (Å²) >= 11 is 3.04. The number of carbonyl (C=O) groups excluding carboxylic acids is 1. The third-order valence-corrected chi connectivity index (χ3v) is 5.22. The van der Waals surface area contributed by atoms with Gasteiger partial charge in [-0.1, -0.05) is 0 Å². The Bertz CT molecular complexity index is 587. The van der Waals surface area contributed by atoms with Crippen molar-refractivity contribution in [3.05, 3.63) is 39.0 Å². The second kappa shape index (κ2) is 6.68. The molecule has 6 heteroatoms. The van der Waals surface area contributed by atoms with Crippen molar-refractivity contribution in [3.63, 3.8) is 0 Å². The summed E-state index contributed by atoms with van der Waals surface area (Å²) in [5, 5.41) is 6.07. The van der Waals surface area contributed by atoms with Crippen LogP contribution in [0.4, 0.5) is 0 Å². The van der Waals surface area contributed by atoms with E-state index in [1.165, 1.54) is 17.1 Å². The van der Waals surface area contributed by atoms with Gasteiger partial charge in [0.2, 0.25) is 0 Å². The topological polar surface area (TPSA) is 42.4 Å². The standard InChI is InChI=1S/C15H18N2O2S2/c1-11-14(10-21-16-11)15(18)19-13-2-5-17(6-3-13)8-12-4-7-20-9-12/h4,7,9-10,13H,2-3,5-6,8H2,1H3. The van der Waals surface area contributed by atoms with Crippen molar-refractivity contribution in [1.29, 1.82) is 0 Å². The zero-order valence-corrected chi connectivity index (χ0v) is 13.6. The number of hydrogen-bond acceptors (Lipinski definition) is 6. The Morgan fingerprint density at radius 1 is 1.43 bits per heavy atom. The number of ether oxygens (including phenoxy) is 1. The molecular formula is C15H18N2O2S2. The molecule has 0 atom stereocenters. The van der Waals surface area contributed by atoms with Crippen LogP contribution in [0.25, 0.3) is 0 Å². The molecule has 0 aliphatic carbocycles. The van der Waals surface area contributed by atoms with Crippen LogP contribution in [0.3, 0.4) is 0 Å². The van der Waals surface area contributed by atoms with Crippen molar-refractivity contribution >= 4 is 28.8 Å². The van der Waals surface area contributed by atoms with Gasteiger partial charge in [-0.3, -0.25) is 4.90 Å².